The van der Waals surface area contributed by atoms with Gasteiger partial charge in [-0.3, -0.25) is 4.79 Å². The van der Waals surface area contributed by atoms with E-state index in [1.165, 1.54) is 6.07 Å². The maximum Gasteiger partial charge on any atom is 0.336 e. The minimum atomic E-state index is -1.06. The van der Waals surface area contributed by atoms with Crippen molar-refractivity contribution in [2.24, 2.45) is 5.73 Å². The second-order valence-electron chi connectivity index (χ2n) is 5.44. The van der Waals surface area contributed by atoms with Crippen LogP contribution in [-0.4, -0.2) is 28.6 Å². The Hall–Kier alpha value is -2.57. The topological polar surface area (TPSA) is 122 Å². The summed E-state index contributed by atoms with van der Waals surface area (Å²) in [7, 11) is 0. The quantitative estimate of drug-likeness (QED) is 0.656. The minimum absolute atomic E-state index is 0.00526. The molecule has 1 rings (SSSR count). The van der Waals surface area contributed by atoms with Crippen LogP contribution in [0.3, 0.4) is 0 Å². The predicted octanol–water partition coefficient (Wildman–Crippen LogP) is 1.47. The zero-order chi connectivity index (χ0) is 16.2. The molecule has 0 bridgehead atoms. The summed E-state index contributed by atoms with van der Waals surface area (Å²) < 4.78 is 0. The van der Waals surface area contributed by atoms with Crippen LogP contribution in [-0.2, 0) is 4.79 Å². The molecule has 5 N–H and O–H groups in total. The summed E-state index contributed by atoms with van der Waals surface area (Å²) in [4.78, 5) is 33.8. The van der Waals surface area contributed by atoms with Crippen molar-refractivity contribution in [2.45, 2.75) is 32.7 Å². The van der Waals surface area contributed by atoms with Gasteiger partial charge in [0.1, 0.15) is 0 Å². The number of amides is 3. The molecule has 0 aliphatic heterocycles. The Kier molecular flexibility index (Phi) is 4.91. The Labute approximate surface area is 122 Å². The van der Waals surface area contributed by atoms with Gasteiger partial charge < -0.3 is 21.5 Å². The standard InChI is InChI=1S/C14H19N3O4/c1-8-4-5-9(6-10(8)12(19)20)16-13(21)17-14(2,3)7-11(15)18/h4-6H,7H2,1-3H3,(H2,15,18)(H,19,20)(H2,16,17,21). The van der Waals surface area contributed by atoms with E-state index >= 15 is 0 Å². The molecule has 0 saturated carbocycles. The molecule has 7 heteroatoms. The summed E-state index contributed by atoms with van der Waals surface area (Å²) in [5, 5.41) is 14.2. The third-order valence-electron chi connectivity index (χ3n) is 2.79. The van der Waals surface area contributed by atoms with Gasteiger partial charge in [0, 0.05) is 17.6 Å². The molecule has 0 saturated heterocycles. The Morgan fingerprint density at radius 3 is 2.43 bits per heavy atom. The van der Waals surface area contributed by atoms with Gasteiger partial charge in [-0.1, -0.05) is 6.07 Å². The number of hydrogen-bond donors (Lipinski definition) is 4. The molecule has 7 nitrogen and oxygen atoms in total. The smallest absolute Gasteiger partial charge is 0.336 e. The molecule has 0 radical (unpaired) electrons. The zero-order valence-electron chi connectivity index (χ0n) is 12.2. The Morgan fingerprint density at radius 1 is 1.29 bits per heavy atom. The van der Waals surface area contributed by atoms with E-state index in [2.05, 4.69) is 10.6 Å². The van der Waals surface area contributed by atoms with Crippen LogP contribution in [0.2, 0.25) is 0 Å². The molecule has 1 aromatic carbocycles. The van der Waals surface area contributed by atoms with Crippen molar-refractivity contribution in [1.29, 1.82) is 0 Å². The van der Waals surface area contributed by atoms with Gasteiger partial charge in [0.05, 0.1) is 5.56 Å². The number of benzene rings is 1. The lowest BCUT2D eigenvalue weighted by Crippen LogP contribution is -2.47. The van der Waals surface area contributed by atoms with E-state index in [1.54, 1.807) is 32.9 Å². The van der Waals surface area contributed by atoms with E-state index in [0.717, 1.165) is 0 Å². The van der Waals surface area contributed by atoms with Crippen LogP contribution < -0.4 is 16.4 Å². The normalized spacial score (nSPS) is 10.8. The number of primary amides is 1. The summed E-state index contributed by atoms with van der Waals surface area (Å²) in [6, 6.07) is 4.04. The predicted molar refractivity (Wildman–Crippen MR) is 78.2 cm³/mol. The number of carboxylic acid groups (broad SMARTS) is 1. The van der Waals surface area contributed by atoms with Crippen LogP contribution in [0.5, 0.6) is 0 Å². The lowest BCUT2D eigenvalue weighted by atomic mass is 10.0. The van der Waals surface area contributed by atoms with Gasteiger partial charge in [0.25, 0.3) is 0 Å². The fraction of sp³-hybridized carbons (Fsp3) is 0.357. The summed E-state index contributed by atoms with van der Waals surface area (Å²) in [6.45, 7) is 4.99. The molecule has 3 amide bonds. The van der Waals surface area contributed by atoms with Crippen molar-refractivity contribution in [1.82, 2.24) is 5.32 Å². The van der Waals surface area contributed by atoms with Gasteiger partial charge in [-0.2, -0.15) is 0 Å². The van der Waals surface area contributed by atoms with Crippen LogP contribution in [0.25, 0.3) is 0 Å². The van der Waals surface area contributed by atoms with E-state index in [9.17, 15) is 14.4 Å². The molecular weight excluding hydrogens is 274 g/mol. The van der Waals surface area contributed by atoms with E-state index in [-0.39, 0.29) is 12.0 Å². The third-order valence-corrected chi connectivity index (χ3v) is 2.79. The van der Waals surface area contributed by atoms with Crippen molar-refractivity contribution in [3.05, 3.63) is 29.3 Å². The minimum Gasteiger partial charge on any atom is -0.478 e. The number of rotatable bonds is 5. The number of nitrogens with two attached hydrogens (primary N) is 1. The molecule has 21 heavy (non-hydrogen) atoms. The zero-order valence-corrected chi connectivity index (χ0v) is 12.2. The molecule has 0 aliphatic rings. The van der Waals surface area contributed by atoms with Crippen molar-refractivity contribution >= 4 is 23.6 Å². The monoisotopic (exact) mass is 293 g/mol. The van der Waals surface area contributed by atoms with Crippen LogP contribution in [0.4, 0.5) is 10.5 Å². The SMILES string of the molecule is Cc1ccc(NC(=O)NC(C)(C)CC(N)=O)cc1C(=O)O. The van der Waals surface area contributed by atoms with E-state index in [1.807, 2.05) is 0 Å². The maximum atomic E-state index is 11.9. The van der Waals surface area contributed by atoms with Crippen molar-refractivity contribution in [3.8, 4) is 0 Å². The molecule has 114 valence electrons. The van der Waals surface area contributed by atoms with Crippen LogP contribution in [0.1, 0.15) is 36.2 Å². The Balaban J connectivity index is 2.78. The highest BCUT2D eigenvalue weighted by Gasteiger charge is 2.23. The number of carbonyl (C=O) groups excluding carboxylic acids is 2. The number of carbonyl (C=O) groups is 3. The molecule has 0 atom stereocenters. The van der Waals surface area contributed by atoms with E-state index in [4.69, 9.17) is 10.8 Å². The highest BCUT2D eigenvalue weighted by atomic mass is 16.4. The lowest BCUT2D eigenvalue weighted by molar-refractivity contribution is -0.119. The van der Waals surface area contributed by atoms with Crippen molar-refractivity contribution < 1.29 is 19.5 Å². The molecule has 0 heterocycles. The first-order valence-electron chi connectivity index (χ1n) is 6.32. The second-order valence-corrected chi connectivity index (χ2v) is 5.44. The van der Waals surface area contributed by atoms with Crippen molar-refractivity contribution in [3.63, 3.8) is 0 Å². The van der Waals surface area contributed by atoms with Gasteiger partial charge in [0.15, 0.2) is 0 Å². The van der Waals surface area contributed by atoms with E-state index < -0.39 is 23.4 Å². The summed E-state index contributed by atoms with van der Waals surface area (Å²) in [5.41, 5.74) is 5.37. The molecule has 0 spiro atoms. The highest BCUT2D eigenvalue weighted by molar-refractivity contribution is 5.94. The van der Waals surface area contributed by atoms with Gasteiger partial charge in [0.2, 0.25) is 5.91 Å². The number of carboxylic acids is 1. The molecule has 0 aromatic heterocycles. The second kappa shape index (κ2) is 6.25. The molecular formula is C14H19N3O4. The van der Waals surface area contributed by atoms with E-state index in [0.29, 0.717) is 11.3 Å². The largest absolute Gasteiger partial charge is 0.478 e. The fourth-order valence-electron chi connectivity index (χ4n) is 1.88. The van der Waals surface area contributed by atoms with Crippen LogP contribution in [0, 0.1) is 6.92 Å². The average molecular weight is 293 g/mol. The first-order valence-corrected chi connectivity index (χ1v) is 6.32. The third kappa shape index (κ3) is 5.13. The summed E-state index contributed by atoms with van der Waals surface area (Å²) in [5.74, 6) is -1.59. The van der Waals surface area contributed by atoms with Crippen LogP contribution >= 0.6 is 0 Å². The molecule has 0 fully saturated rings. The lowest BCUT2D eigenvalue weighted by Gasteiger charge is -2.24. The van der Waals surface area contributed by atoms with Gasteiger partial charge in [-0.05, 0) is 38.5 Å². The number of aromatic carboxylic acids is 1. The fourth-order valence-corrected chi connectivity index (χ4v) is 1.88. The molecule has 1 aromatic rings. The molecule has 0 aliphatic carbocycles. The van der Waals surface area contributed by atoms with Crippen LogP contribution in [0.15, 0.2) is 18.2 Å². The average Bonchev–Trinajstić information content (AvgIpc) is 2.28. The summed E-state index contributed by atoms with van der Waals surface area (Å²) >= 11 is 0. The summed E-state index contributed by atoms with van der Waals surface area (Å²) in [6.07, 6.45) is -0.00526. The van der Waals surface area contributed by atoms with Gasteiger partial charge in [-0.15, -0.1) is 0 Å². The molecule has 0 unspecified atom stereocenters. The van der Waals surface area contributed by atoms with Crippen molar-refractivity contribution in [2.75, 3.05) is 5.32 Å². The first kappa shape index (κ1) is 16.5. The maximum absolute atomic E-state index is 11.9. The van der Waals surface area contributed by atoms with Gasteiger partial charge in [-0.25, -0.2) is 9.59 Å². The number of anilines is 1. The number of nitrogens with one attached hydrogen (secondary N) is 2. The number of urea groups is 1. The first-order chi connectivity index (χ1) is 9.60. The van der Waals surface area contributed by atoms with Gasteiger partial charge >= 0.3 is 12.0 Å². The number of aryl methyl sites for hydroxylation is 1. The highest BCUT2D eigenvalue weighted by Crippen LogP contribution is 2.16. The Morgan fingerprint density at radius 2 is 1.90 bits per heavy atom. The Bertz CT molecular complexity index is 582. The number of hydrogen-bond acceptors (Lipinski definition) is 3.